The molecule has 0 aromatic heterocycles. The summed E-state index contributed by atoms with van der Waals surface area (Å²) in [5, 5.41) is 5.79. The quantitative estimate of drug-likeness (QED) is 0.845. The van der Waals surface area contributed by atoms with E-state index in [1.54, 1.807) is 12.1 Å². The van der Waals surface area contributed by atoms with E-state index in [2.05, 4.69) is 26.6 Å². The fourth-order valence-electron chi connectivity index (χ4n) is 1.65. The molecule has 1 amide bonds. The van der Waals surface area contributed by atoms with Crippen molar-refractivity contribution in [3.05, 3.63) is 34.1 Å². The van der Waals surface area contributed by atoms with Crippen LogP contribution in [0.1, 0.15) is 18.4 Å². The minimum Gasteiger partial charge on any atom is -0.351 e. The Morgan fingerprint density at radius 2 is 2.22 bits per heavy atom. The van der Waals surface area contributed by atoms with Crippen LogP contribution in [0.15, 0.2) is 22.7 Å². The van der Waals surface area contributed by atoms with Gasteiger partial charge >= 0.3 is 0 Å². The molecule has 0 bridgehead atoms. The summed E-state index contributed by atoms with van der Waals surface area (Å²) < 4.78 is 14.2. The summed E-state index contributed by atoms with van der Waals surface area (Å²) in [4.78, 5) is 11.5. The lowest BCUT2D eigenvalue weighted by molar-refractivity contribution is -0.120. The van der Waals surface area contributed by atoms with Gasteiger partial charge in [-0.05, 0) is 43.5 Å². The van der Waals surface area contributed by atoms with Crippen LogP contribution in [-0.4, -0.2) is 19.0 Å². The average molecular weight is 315 g/mol. The van der Waals surface area contributed by atoms with Crippen molar-refractivity contribution in [2.45, 2.75) is 19.4 Å². The predicted molar refractivity (Wildman–Crippen MR) is 71.5 cm³/mol. The molecule has 0 aliphatic heterocycles. The zero-order chi connectivity index (χ0) is 13.0. The predicted octanol–water partition coefficient (Wildman–Crippen LogP) is 2.20. The van der Waals surface area contributed by atoms with Crippen LogP contribution in [-0.2, 0) is 11.3 Å². The monoisotopic (exact) mass is 314 g/mol. The van der Waals surface area contributed by atoms with E-state index in [1.807, 2.05) is 0 Å². The topological polar surface area (TPSA) is 41.1 Å². The molecule has 98 valence electrons. The molecule has 1 aliphatic carbocycles. The first-order valence-corrected chi connectivity index (χ1v) is 6.86. The standard InChI is InChI=1S/C13H16BrFN2O/c14-11-3-4-12(15)10(5-11)7-17-13(18)8-16-6-9-1-2-9/h3-5,9,16H,1-2,6-8H2,(H,17,18). The number of rotatable bonds is 6. The summed E-state index contributed by atoms with van der Waals surface area (Å²) in [5.41, 5.74) is 0.486. The van der Waals surface area contributed by atoms with Crippen molar-refractivity contribution < 1.29 is 9.18 Å². The summed E-state index contributed by atoms with van der Waals surface area (Å²) in [7, 11) is 0. The molecule has 18 heavy (non-hydrogen) atoms. The van der Waals surface area contributed by atoms with Crippen LogP contribution >= 0.6 is 15.9 Å². The van der Waals surface area contributed by atoms with E-state index in [0.717, 1.165) is 16.9 Å². The van der Waals surface area contributed by atoms with Crippen LogP contribution in [0.3, 0.4) is 0 Å². The van der Waals surface area contributed by atoms with Crippen LogP contribution in [0.4, 0.5) is 4.39 Å². The van der Waals surface area contributed by atoms with Crippen molar-refractivity contribution >= 4 is 21.8 Å². The average Bonchev–Trinajstić information content (AvgIpc) is 3.14. The van der Waals surface area contributed by atoms with Crippen LogP contribution in [0.5, 0.6) is 0 Å². The smallest absolute Gasteiger partial charge is 0.234 e. The lowest BCUT2D eigenvalue weighted by Crippen LogP contribution is -2.34. The molecule has 2 N–H and O–H groups in total. The molecule has 1 fully saturated rings. The first kappa shape index (κ1) is 13.5. The van der Waals surface area contributed by atoms with Crippen molar-refractivity contribution in [3.8, 4) is 0 Å². The Kier molecular flexibility index (Phi) is 4.72. The van der Waals surface area contributed by atoms with Gasteiger partial charge in [-0.2, -0.15) is 0 Å². The second-order valence-electron chi connectivity index (χ2n) is 4.59. The Balaban J connectivity index is 1.72. The van der Waals surface area contributed by atoms with Gasteiger partial charge in [0.1, 0.15) is 5.82 Å². The molecular formula is C13H16BrFN2O. The third kappa shape index (κ3) is 4.38. The number of hydrogen-bond acceptors (Lipinski definition) is 2. The number of carbonyl (C=O) groups is 1. The lowest BCUT2D eigenvalue weighted by Gasteiger charge is -2.07. The molecule has 1 aromatic rings. The lowest BCUT2D eigenvalue weighted by atomic mass is 10.2. The highest BCUT2D eigenvalue weighted by Gasteiger charge is 2.20. The second kappa shape index (κ2) is 6.29. The zero-order valence-electron chi connectivity index (χ0n) is 10.0. The van der Waals surface area contributed by atoms with Crippen molar-refractivity contribution in [1.29, 1.82) is 0 Å². The molecule has 2 rings (SSSR count). The highest BCUT2D eigenvalue weighted by Crippen LogP contribution is 2.27. The minimum absolute atomic E-state index is 0.102. The summed E-state index contributed by atoms with van der Waals surface area (Å²) in [6.07, 6.45) is 2.52. The van der Waals surface area contributed by atoms with E-state index in [9.17, 15) is 9.18 Å². The van der Waals surface area contributed by atoms with Gasteiger partial charge in [-0.25, -0.2) is 4.39 Å². The van der Waals surface area contributed by atoms with Gasteiger partial charge in [-0.1, -0.05) is 15.9 Å². The van der Waals surface area contributed by atoms with Gasteiger partial charge in [0.25, 0.3) is 0 Å². The Bertz CT molecular complexity index is 435. The summed E-state index contributed by atoms with van der Waals surface area (Å²) in [6, 6.07) is 4.70. The highest BCUT2D eigenvalue weighted by molar-refractivity contribution is 9.10. The van der Waals surface area contributed by atoms with E-state index in [4.69, 9.17) is 0 Å². The summed E-state index contributed by atoms with van der Waals surface area (Å²) in [6.45, 7) is 1.42. The minimum atomic E-state index is -0.301. The van der Waals surface area contributed by atoms with E-state index in [1.165, 1.54) is 18.9 Å². The molecule has 1 aromatic carbocycles. The molecule has 0 unspecified atom stereocenters. The number of carbonyl (C=O) groups excluding carboxylic acids is 1. The van der Waals surface area contributed by atoms with Gasteiger partial charge in [0.2, 0.25) is 5.91 Å². The molecule has 3 nitrogen and oxygen atoms in total. The summed E-state index contributed by atoms with van der Waals surface area (Å²) >= 11 is 3.28. The molecular weight excluding hydrogens is 299 g/mol. The molecule has 1 saturated carbocycles. The SMILES string of the molecule is O=C(CNCC1CC1)NCc1cc(Br)ccc1F. The second-order valence-corrected chi connectivity index (χ2v) is 5.50. The van der Waals surface area contributed by atoms with E-state index >= 15 is 0 Å². The maximum Gasteiger partial charge on any atom is 0.234 e. The van der Waals surface area contributed by atoms with Gasteiger partial charge in [0, 0.05) is 16.6 Å². The Hall–Kier alpha value is -0.940. The number of halogens is 2. The molecule has 5 heteroatoms. The van der Waals surface area contributed by atoms with E-state index in [-0.39, 0.29) is 18.3 Å². The third-order valence-electron chi connectivity index (χ3n) is 2.90. The normalized spacial score (nSPS) is 14.6. The van der Waals surface area contributed by atoms with E-state index < -0.39 is 0 Å². The molecule has 1 aliphatic rings. The van der Waals surface area contributed by atoms with Gasteiger partial charge < -0.3 is 10.6 Å². The fourth-order valence-corrected chi connectivity index (χ4v) is 2.06. The van der Waals surface area contributed by atoms with Crippen LogP contribution in [0, 0.1) is 11.7 Å². The van der Waals surface area contributed by atoms with Crippen molar-refractivity contribution in [2.75, 3.05) is 13.1 Å². The van der Waals surface area contributed by atoms with Gasteiger partial charge in [-0.3, -0.25) is 4.79 Å². The molecule has 0 heterocycles. The maximum absolute atomic E-state index is 13.4. The van der Waals surface area contributed by atoms with Gasteiger partial charge in [0.15, 0.2) is 0 Å². The van der Waals surface area contributed by atoms with Crippen molar-refractivity contribution in [1.82, 2.24) is 10.6 Å². The summed E-state index contributed by atoms with van der Waals surface area (Å²) in [5.74, 6) is 0.347. The molecule has 0 saturated heterocycles. The van der Waals surface area contributed by atoms with E-state index in [0.29, 0.717) is 12.1 Å². The Labute approximate surface area is 114 Å². The third-order valence-corrected chi connectivity index (χ3v) is 3.39. The fraction of sp³-hybridized carbons (Fsp3) is 0.462. The van der Waals surface area contributed by atoms with Crippen LogP contribution in [0.2, 0.25) is 0 Å². The first-order valence-electron chi connectivity index (χ1n) is 6.06. The zero-order valence-corrected chi connectivity index (χ0v) is 11.6. The van der Waals surface area contributed by atoms with Crippen molar-refractivity contribution in [3.63, 3.8) is 0 Å². The maximum atomic E-state index is 13.4. The molecule has 0 atom stereocenters. The Morgan fingerprint density at radius 3 is 2.94 bits per heavy atom. The number of amides is 1. The van der Waals surface area contributed by atoms with Gasteiger partial charge in [-0.15, -0.1) is 0 Å². The molecule has 0 spiro atoms. The largest absolute Gasteiger partial charge is 0.351 e. The van der Waals surface area contributed by atoms with Crippen molar-refractivity contribution in [2.24, 2.45) is 5.92 Å². The Morgan fingerprint density at radius 1 is 1.44 bits per heavy atom. The van der Waals surface area contributed by atoms with Gasteiger partial charge in [0.05, 0.1) is 6.54 Å². The highest BCUT2D eigenvalue weighted by atomic mass is 79.9. The van der Waals surface area contributed by atoms with Crippen LogP contribution < -0.4 is 10.6 Å². The number of hydrogen-bond donors (Lipinski definition) is 2. The molecule has 0 radical (unpaired) electrons. The first-order chi connectivity index (χ1) is 8.65. The number of benzene rings is 1. The number of nitrogens with one attached hydrogen (secondary N) is 2. The van der Waals surface area contributed by atoms with Crippen LogP contribution in [0.25, 0.3) is 0 Å².